The lowest BCUT2D eigenvalue weighted by molar-refractivity contribution is -0.134. The first-order valence-corrected chi connectivity index (χ1v) is 9.94. The second-order valence-corrected chi connectivity index (χ2v) is 7.96. The molecule has 162 valence electrons. The van der Waals surface area contributed by atoms with Crippen molar-refractivity contribution in [1.29, 1.82) is 0 Å². The summed E-state index contributed by atoms with van der Waals surface area (Å²) in [4.78, 5) is 37.1. The molecule has 1 unspecified atom stereocenters. The summed E-state index contributed by atoms with van der Waals surface area (Å²) in [6, 6.07) is 5.56. The Morgan fingerprint density at radius 3 is 2.39 bits per heavy atom. The van der Waals surface area contributed by atoms with Crippen LogP contribution in [0.25, 0.3) is 0 Å². The summed E-state index contributed by atoms with van der Waals surface area (Å²) in [5.41, 5.74) is -0.294. The molecule has 2 aromatic rings. The number of carbonyl (C=O) groups excluding carboxylic acids is 3. The molecule has 0 spiro atoms. The molecule has 2 aliphatic heterocycles. The van der Waals surface area contributed by atoms with E-state index in [0.29, 0.717) is 0 Å². The fourth-order valence-electron chi connectivity index (χ4n) is 3.77. The van der Waals surface area contributed by atoms with Gasteiger partial charge in [-0.25, -0.2) is 13.2 Å². The minimum Gasteiger partial charge on any atom is -0.367 e. The van der Waals surface area contributed by atoms with Gasteiger partial charge in [-0.1, -0.05) is 11.6 Å². The molecule has 2 fully saturated rings. The van der Waals surface area contributed by atoms with Crippen LogP contribution in [0.5, 0.6) is 0 Å². The monoisotopic (exact) mass is 451 g/mol. The molecule has 0 radical (unpaired) electrons. The van der Waals surface area contributed by atoms with Gasteiger partial charge in [-0.15, -0.1) is 0 Å². The molecule has 2 heterocycles. The van der Waals surface area contributed by atoms with Gasteiger partial charge in [0, 0.05) is 35.8 Å². The number of piperidine rings is 1. The fraction of sp³-hybridized carbons (Fsp3) is 0.286. The van der Waals surface area contributed by atoms with Gasteiger partial charge in [0.1, 0.15) is 17.5 Å². The smallest absolute Gasteiger partial charge is 0.254 e. The van der Waals surface area contributed by atoms with E-state index in [0.717, 1.165) is 18.2 Å². The molecule has 1 atom stereocenters. The van der Waals surface area contributed by atoms with E-state index in [1.165, 1.54) is 12.1 Å². The molecule has 2 N–H and O–H groups in total. The third kappa shape index (κ3) is 4.23. The van der Waals surface area contributed by atoms with Crippen molar-refractivity contribution >= 4 is 35.0 Å². The lowest BCUT2D eigenvalue weighted by Gasteiger charge is -2.41. The van der Waals surface area contributed by atoms with E-state index in [-0.39, 0.29) is 53.8 Å². The molecule has 2 aromatic carbocycles. The first-order valence-electron chi connectivity index (χ1n) is 9.56. The number of anilines is 1. The number of nitrogens with zero attached hydrogens (tertiary/aromatic N) is 1. The van der Waals surface area contributed by atoms with Gasteiger partial charge in [0.05, 0.1) is 17.5 Å². The lowest BCUT2D eigenvalue weighted by Crippen LogP contribution is -2.59. The maximum atomic E-state index is 14.6. The normalized spacial score (nSPS) is 19.1. The van der Waals surface area contributed by atoms with Crippen LogP contribution in [0.1, 0.15) is 34.7 Å². The molecular weight excluding hydrogens is 435 g/mol. The van der Waals surface area contributed by atoms with Gasteiger partial charge in [-0.2, -0.15) is 0 Å². The molecule has 10 heteroatoms. The van der Waals surface area contributed by atoms with Gasteiger partial charge >= 0.3 is 0 Å². The Bertz CT molecular complexity index is 1070. The van der Waals surface area contributed by atoms with Crippen LogP contribution in [0, 0.1) is 17.5 Å². The summed E-state index contributed by atoms with van der Waals surface area (Å²) in [7, 11) is 0. The zero-order valence-corrected chi connectivity index (χ0v) is 16.8. The number of imide groups is 1. The molecule has 4 rings (SSSR count). The van der Waals surface area contributed by atoms with Crippen molar-refractivity contribution in [3.63, 3.8) is 0 Å². The number of hydrogen-bond acceptors (Lipinski definition) is 4. The average Bonchev–Trinajstić information content (AvgIpc) is 2.67. The fourth-order valence-corrected chi connectivity index (χ4v) is 3.94. The van der Waals surface area contributed by atoms with Gasteiger partial charge in [0.2, 0.25) is 11.8 Å². The Labute approximate surface area is 180 Å². The average molecular weight is 452 g/mol. The van der Waals surface area contributed by atoms with Crippen LogP contribution < -0.4 is 15.5 Å². The van der Waals surface area contributed by atoms with Crippen LogP contribution in [0.2, 0.25) is 5.02 Å². The minimum absolute atomic E-state index is 0.0117. The van der Waals surface area contributed by atoms with E-state index in [1.807, 2.05) is 0 Å². The summed E-state index contributed by atoms with van der Waals surface area (Å²) in [6.07, 6.45) is 0.0491. The predicted molar refractivity (Wildman–Crippen MR) is 106 cm³/mol. The molecule has 3 amide bonds. The van der Waals surface area contributed by atoms with E-state index in [4.69, 9.17) is 11.6 Å². The number of amides is 3. The maximum Gasteiger partial charge on any atom is 0.254 e. The van der Waals surface area contributed by atoms with Gasteiger partial charge in [-0.3, -0.25) is 19.7 Å². The number of benzene rings is 2. The number of rotatable bonds is 4. The van der Waals surface area contributed by atoms with Gasteiger partial charge < -0.3 is 10.2 Å². The van der Waals surface area contributed by atoms with Crippen molar-refractivity contribution in [2.75, 3.05) is 18.0 Å². The van der Waals surface area contributed by atoms with Crippen molar-refractivity contribution in [3.05, 3.63) is 63.9 Å². The van der Waals surface area contributed by atoms with Crippen LogP contribution >= 0.6 is 11.6 Å². The SMILES string of the molecule is O=C1CCC(c2c(F)cc(N3CC(NC(=O)c4cc(Cl)ccc4F)C3)cc2F)C(=O)N1. The highest BCUT2D eigenvalue weighted by atomic mass is 35.5. The quantitative estimate of drug-likeness (QED) is 0.701. The molecule has 6 nitrogen and oxygen atoms in total. The van der Waals surface area contributed by atoms with E-state index in [1.54, 1.807) is 4.90 Å². The predicted octanol–water partition coefficient (Wildman–Crippen LogP) is 2.90. The molecule has 31 heavy (non-hydrogen) atoms. The molecule has 0 bridgehead atoms. The highest BCUT2D eigenvalue weighted by molar-refractivity contribution is 6.31. The maximum absolute atomic E-state index is 14.6. The van der Waals surface area contributed by atoms with E-state index < -0.39 is 41.1 Å². The van der Waals surface area contributed by atoms with Crippen LogP contribution in [0.15, 0.2) is 30.3 Å². The minimum atomic E-state index is -1.07. The van der Waals surface area contributed by atoms with Gasteiger partial charge in [0.15, 0.2) is 0 Å². The number of hydrogen-bond donors (Lipinski definition) is 2. The standard InChI is InChI=1S/C21H17ClF3N3O3/c22-10-1-3-15(23)14(5-10)21(31)26-11-8-28(9-11)12-6-16(24)19(17(25)7-12)13-2-4-18(29)27-20(13)30/h1,3,5-7,11,13H,2,4,8-9H2,(H,26,31)(H,27,29,30). The Balaban J connectivity index is 1.42. The molecule has 0 aliphatic carbocycles. The summed E-state index contributed by atoms with van der Waals surface area (Å²) in [5.74, 6) is -5.34. The van der Waals surface area contributed by atoms with E-state index in [9.17, 15) is 27.6 Å². The molecule has 2 saturated heterocycles. The zero-order valence-electron chi connectivity index (χ0n) is 16.1. The zero-order chi connectivity index (χ0) is 22.3. The summed E-state index contributed by atoms with van der Waals surface area (Å²) in [5, 5.41) is 4.97. The third-order valence-corrected chi connectivity index (χ3v) is 5.64. The Hall–Kier alpha value is -3.07. The van der Waals surface area contributed by atoms with Crippen LogP contribution in [0.3, 0.4) is 0 Å². The van der Waals surface area contributed by atoms with Gasteiger partial charge in [0.25, 0.3) is 5.91 Å². The second-order valence-electron chi connectivity index (χ2n) is 7.53. The number of halogens is 4. The number of carbonyl (C=O) groups is 3. The first-order chi connectivity index (χ1) is 14.7. The van der Waals surface area contributed by atoms with Crippen molar-refractivity contribution in [2.45, 2.75) is 24.8 Å². The summed E-state index contributed by atoms with van der Waals surface area (Å²) in [6.45, 7) is 0.537. The number of nitrogens with one attached hydrogen (secondary N) is 2. The van der Waals surface area contributed by atoms with Crippen molar-refractivity contribution in [3.8, 4) is 0 Å². The largest absolute Gasteiger partial charge is 0.367 e. The molecule has 2 aliphatic rings. The lowest BCUT2D eigenvalue weighted by atomic mass is 9.89. The highest BCUT2D eigenvalue weighted by Crippen LogP contribution is 2.33. The second kappa shape index (κ2) is 8.22. The van der Waals surface area contributed by atoms with E-state index in [2.05, 4.69) is 10.6 Å². The highest BCUT2D eigenvalue weighted by Gasteiger charge is 2.34. The summed E-state index contributed by atoms with van der Waals surface area (Å²) >= 11 is 5.80. The molecular formula is C21H17ClF3N3O3. The third-order valence-electron chi connectivity index (χ3n) is 5.41. The first kappa shape index (κ1) is 21.2. The Morgan fingerprint density at radius 1 is 1.06 bits per heavy atom. The van der Waals surface area contributed by atoms with Crippen molar-refractivity contribution in [2.24, 2.45) is 0 Å². The molecule has 0 aromatic heterocycles. The molecule has 0 saturated carbocycles. The van der Waals surface area contributed by atoms with Crippen LogP contribution in [-0.2, 0) is 9.59 Å². The Kier molecular flexibility index (Phi) is 5.62. The van der Waals surface area contributed by atoms with Crippen LogP contribution in [0.4, 0.5) is 18.9 Å². The Morgan fingerprint density at radius 2 is 1.74 bits per heavy atom. The summed E-state index contributed by atoms with van der Waals surface area (Å²) < 4.78 is 43.1. The van der Waals surface area contributed by atoms with Gasteiger partial charge in [-0.05, 0) is 36.8 Å². The van der Waals surface area contributed by atoms with Crippen molar-refractivity contribution in [1.82, 2.24) is 10.6 Å². The van der Waals surface area contributed by atoms with Crippen molar-refractivity contribution < 1.29 is 27.6 Å². The van der Waals surface area contributed by atoms with Crippen LogP contribution in [-0.4, -0.2) is 36.9 Å². The van der Waals surface area contributed by atoms with E-state index >= 15 is 0 Å². The topological polar surface area (TPSA) is 78.5 Å².